The minimum absolute atomic E-state index is 0.00506. The average Bonchev–Trinajstić information content (AvgIpc) is 3.47. The van der Waals surface area contributed by atoms with E-state index in [0.29, 0.717) is 23.8 Å². The lowest BCUT2D eigenvalue weighted by Gasteiger charge is -2.32. The number of hydrogen-bond donors (Lipinski definition) is 1. The van der Waals surface area contributed by atoms with E-state index in [0.717, 1.165) is 19.3 Å². The van der Waals surface area contributed by atoms with Gasteiger partial charge in [0.1, 0.15) is 5.82 Å². The van der Waals surface area contributed by atoms with Crippen molar-refractivity contribution in [3.63, 3.8) is 0 Å². The van der Waals surface area contributed by atoms with Crippen LogP contribution in [0.15, 0.2) is 41.4 Å². The molecule has 1 aromatic carbocycles. The molecule has 1 saturated carbocycles. The minimum atomic E-state index is -3.54. The summed E-state index contributed by atoms with van der Waals surface area (Å²) in [5.41, 5.74) is 0.419. The molecule has 8 heteroatoms. The normalized spacial score (nSPS) is 21.7. The van der Waals surface area contributed by atoms with Gasteiger partial charge in [-0.3, -0.25) is 4.79 Å². The second-order valence-electron chi connectivity index (χ2n) is 8.18. The van der Waals surface area contributed by atoms with E-state index in [4.69, 9.17) is 0 Å². The summed E-state index contributed by atoms with van der Waals surface area (Å²) >= 11 is 0. The van der Waals surface area contributed by atoms with E-state index in [1.165, 1.54) is 25.0 Å². The number of carbonyl (C=O) groups is 1. The van der Waals surface area contributed by atoms with Crippen molar-refractivity contribution in [1.29, 1.82) is 0 Å². The highest BCUT2D eigenvalue weighted by molar-refractivity contribution is 7.89. The Labute approximate surface area is 172 Å². The lowest BCUT2D eigenvalue weighted by atomic mass is 10.1. The number of aromatic nitrogens is 2. The molecule has 29 heavy (non-hydrogen) atoms. The van der Waals surface area contributed by atoms with Gasteiger partial charge in [-0.1, -0.05) is 6.42 Å². The van der Waals surface area contributed by atoms with E-state index in [1.54, 1.807) is 28.7 Å². The molecule has 1 aromatic heterocycles. The maximum absolute atomic E-state index is 12.9. The van der Waals surface area contributed by atoms with Crippen LogP contribution in [0, 0.1) is 5.92 Å². The van der Waals surface area contributed by atoms with Crippen LogP contribution >= 0.6 is 0 Å². The van der Waals surface area contributed by atoms with E-state index in [-0.39, 0.29) is 22.9 Å². The van der Waals surface area contributed by atoms with Gasteiger partial charge < -0.3 is 5.32 Å². The van der Waals surface area contributed by atoms with Gasteiger partial charge in [0.15, 0.2) is 0 Å². The van der Waals surface area contributed by atoms with E-state index in [9.17, 15) is 13.2 Å². The topological polar surface area (TPSA) is 84.3 Å². The van der Waals surface area contributed by atoms with Gasteiger partial charge in [0.05, 0.1) is 17.1 Å². The first kappa shape index (κ1) is 20.1. The Morgan fingerprint density at radius 1 is 1.14 bits per heavy atom. The van der Waals surface area contributed by atoms with Crippen LogP contribution in [0.1, 0.15) is 62.4 Å². The molecule has 2 atom stereocenters. The molecular formula is C21H28N4O3S. The van der Waals surface area contributed by atoms with Crippen molar-refractivity contribution in [2.45, 2.75) is 62.9 Å². The molecule has 2 aromatic rings. The van der Waals surface area contributed by atoms with Gasteiger partial charge in [0, 0.05) is 24.2 Å². The fourth-order valence-corrected chi connectivity index (χ4v) is 5.75. The number of anilines is 1. The van der Waals surface area contributed by atoms with Crippen molar-refractivity contribution in [3.05, 3.63) is 42.1 Å². The number of benzene rings is 1. The second kappa shape index (κ2) is 7.91. The Kier molecular flexibility index (Phi) is 5.48. The monoisotopic (exact) mass is 416 g/mol. The fraction of sp³-hybridized carbons (Fsp3) is 0.524. The lowest BCUT2D eigenvalue weighted by molar-refractivity contribution is 0.102. The quantitative estimate of drug-likeness (QED) is 0.779. The molecule has 156 valence electrons. The van der Waals surface area contributed by atoms with Crippen molar-refractivity contribution in [2.75, 3.05) is 11.9 Å². The van der Waals surface area contributed by atoms with E-state index >= 15 is 0 Å². The molecule has 1 aliphatic heterocycles. The zero-order valence-corrected chi connectivity index (χ0v) is 17.7. The van der Waals surface area contributed by atoms with Crippen molar-refractivity contribution in [3.8, 4) is 0 Å². The molecule has 2 aliphatic rings. The Balaban J connectivity index is 1.48. The SMILES string of the molecule is CC1CCCCN1S(=O)(=O)c1ccc(C(=O)Nc2ccnn2C(C)C2CC2)cc1. The molecule has 7 nitrogen and oxygen atoms in total. The maximum Gasteiger partial charge on any atom is 0.256 e. The van der Waals surface area contributed by atoms with Crippen LogP contribution in [0.5, 0.6) is 0 Å². The fourth-order valence-electron chi connectivity index (χ4n) is 4.05. The Bertz CT molecular complexity index is 980. The number of nitrogens with one attached hydrogen (secondary N) is 1. The summed E-state index contributed by atoms with van der Waals surface area (Å²) in [6.45, 7) is 4.61. The van der Waals surface area contributed by atoms with Crippen LogP contribution in [-0.2, 0) is 10.0 Å². The molecule has 2 heterocycles. The number of piperidine rings is 1. The predicted molar refractivity (Wildman–Crippen MR) is 111 cm³/mol. The third-order valence-electron chi connectivity index (χ3n) is 6.07. The van der Waals surface area contributed by atoms with Crippen molar-refractivity contribution in [1.82, 2.24) is 14.1 Å². The second-order valence-corrected chi connectivity index (χ2v) is 10.1. The summed E-state index contributed by atoms with van der Waals surface area (Å²) in [5.74, 6) is 1.01. The largest absolute Gasteiger partial charge is 0.307 e. The summed E-state index contributed by atoms with van der Waals surface area (Å²) in [6, 6.07) is 8.23. The van der Waals surface area contributed by atoms with Crippen molar-refractivity contribution in [2.24, 2.45) is 5.92 Å². The number of carbonyl (C=O) groups excluding carboxylic acids is 1. The number of rotatable bonds is 6. The summed E-state index contributed by atoms with van der Waals surface area (Å²) in [6.07, 6.45) is 6.90. The van der Waals surface area contributed by atoms with Crippen LogP contribution in [0.2, 0.25) is 0 Å². The maximum atomic E-state index is 12.9. The number of hydrogen-bond acceptors (Lipinski definition) is 4. The smallest absolute Gasteiger partial charge is 0.256 e. The highest BCUT2D eigenvalue weighted by Gasteiger charge is 2.32. The molecule has 2 fully saturated rings. The van der Waals surface area contributed by atoms with E-state index < -0.39 is 10.0 Å². The molecule has 0 bridgehead atoms. The molecule has 1 N–H and O–H groups in total. The Morgan fingerprint density at radius 3 is 2.52 bits per heavy atom. The Hall–Kier alpha value is -2.19. The molecule has 1 saturated heterocycles. The van der Waals surface area contributed by atoms with E-state index in [2.05, 4.69) is 17.3 Å². The molecule has 1 amide bonds. The molecule has 2 unspecified atom stereocenters. The lowest BCUT2D eigenvalue weighted by Crippen LogP contribution is -2.41. The summed E-state index contributed by atoms with van der Waals surface area (Å²) in [5, 5.41) is 7.25. The first-order valence-corrected chi connectivity index (χ1v) is 11.8. The van der Waals surface area contributed by atoms with Crippen molar-refractivity contribution < 1.29 is 13.2 Å². The zero-order chi connectivity index (χ0) is 20.6. The Morgan fingerprint density at radius 2 is 1.86 bits per heavy atom. The van der Waals surface area contributed by atoms with Crippen molar-refractivity contribution >= 4 is 21.7 Å². The molecular weight excluding hydrogens is 388 g/mol. The molecule has 0 spiro atoms. The van der Waals surface area contributed by atoms with Gasteiger partial charge in [0.25, 0.3) is 5.91 Å². The number of sulfonamides is 1. The average molecular weight is 417 g/mol. The highest BCUT2D eigenvalue weighted by Crippen LogP contribution is 2.40. The molecule has 1 aliphatic carbocycles. The zero-order valence-electron chi connectivity index (χ0n) is 16.9. The van der Waals surface area contributed by atoms with Crippen LogP contribution in [-0.4, -0.2) is 41.0 Å². The predicted octanol–water partition coefficient (Wildman–Crippen LogP) is 3.67. The molecule has 0 radical (unpaired) electrons. The molecule has 4 rings (SSSR count). The van der Waals surface area contributed by atoms with Gasteiger partial charge in [-0.05, 0) is 69.7 Å². The van der Waals surface area contributed by atoms with Gasteiger partial charge in [0.2, 0.25) is 10.0 Å². The standard InChI is InChI=1S/C21H28N4O3S/c1-15-5-3-4-14-24(15)29(27,28)19-10-8-18(9-11-19)21(26)23-20-12-13-22-25(20)16(2)17-6-7-17/h8-13,15-17H,3-7,14H2,1-2H3,(H,23,26). The van der Waals surface area contributed by atoms with Crippen LogP contribution in [0.4, 0.5) is 5.82 Å². The number of nitrogens with zero attached hydrogens (tertiary/aromatic N) is 3. The van der Waals surface area contributed by atoms with Crippen LogP contribution in [0.25, 0.3) is 0 Å². The third-order valence-corrected chi connectivity index (χ3v) is 8.09. The summed E-state index contributed by atoms with van der Waals surface area (Å²) < 4.78 is 29.3. The summed E-state index contributed by atoms with van der Waals surface area (Å²) in [7, 11) is -3.54. The first-order chi connectivity index (χ1) is 13.9. The van der Waals surface area contributed by atoms with Crippen LogP contribution < -0.4 is 5.32 Å². The first-order valence-electron chi connectivity index (χ1n) is 10.3. The summed E-state index contributed by atoms with van der Waals surface area (Å²) in [4.78, 5) is 12.9. The van der Waals surface area contributed by atoms with Gasteiger partial charge >= 0.3 is 0 Å². The van der Waals surface area contributed by atoms with Crippen LogP contribution in [0.3, 0.4) is 0 Å². The van der Waals surface area contributed by atoms with E-state index in [1.807, 2.05) is 11.6 Å². The third kappa shape index (κ3) is 4.09. The van der Waals surface area contributed by atoms with Gasteiger partial charge in [-0.15, -0.1) is 0 Å². The minimum Gasteiger partial charge on any atom is -0.307 e. The number of amides is 1. The highest BCUT2D eigenvalue weighted by atomic mass is 32.2. The van der Waals surface area contributed by atoms with Gasteiger partial charge in [-0.2, -0.15) is 9.40 Å². The van der Waals surface area contributed by atoms with Gasteiger partial charge in [-0.25, -0.2) is 13.1 Å².